The first-order valence-corrected chi connectivity index (χ1v) is 11.5. The van der Waals surface area contributed by atoms with Crippen molar-refractivity contribution < 1.29 is 22.6 Å². The average Bonchev–Trinajstić information content (AvgIpc) is 3.32. The van der Waals surface area contributed by atoms with E-state index in [-0.39, 0.29) is 16.6 Å². The summed E-state index contributed by atoms with van der Waals surface area (Å²) in [5, 5.41) is 4.75. The van der Waals surface area contributed by atoms with E-state index in [9.17, 15) is 18.0 Å². The second kappa shape index (κ2) is 9.00. The number of rotatable bonds is 6. The summed E-state index contributed by atoms with van der Waals surface area (Å²) in [6.45, 7) is 0. The van der Waals surface area contributed by atoms with Crippen LogP contribution in [0.15, 0.2) is 77.8 Å². The smallest absolute Gasteiger partial charge is 0.294 e. The predicted molar refractivity (Wildman–Crippen MR) is 128 cm³/mol. The van der Waals surface area contributed by atoms with Gasteiger partial charge in [-0.25, -0.2) is 9.67 Å². The molecule has 0 spiro atoms. The van der Waals surface area contributed by atoms with Gasteiger partial charge in [-0.3, -0.25) is 14.1 Å². The molecule has 2 aromatic carbocycles. The van der Waals surface area contributed by atoms with E-state index in [0.29, 0.717) is 33.5 Å². The Labute approximate surface area is 195 Å². The van der Waals surface area contributed by atoms with Crippen LogP contribution in [-0.2, 0) is 10.1 Å². The summed E-state index contributed by atoms with van der Waals surface area (Å²) in [7, 11) is -0.635. The maximum Gasteiger partial charge on any atom is 0.294 e. The van der Waals surface area contributed by atoms with Crippen molar-refractivity contribution >= 4 is 44.6 Å². The largest absolute Gasteiger partial charge is 0.361 e. The number of fused-ring (bicyclic) bond motifs is 1. The van der Waals surface area contributed by atoms with Gasteiger partial charge in [-0.1, -0.05) is 18.2 Å². The Morgan fingerprint density at radius 1 is 0.971 bits per heavy atom. The Hall–Kier alpha value is -4.15. The van der Waals surface area contributed by atoms with Gasteiger partial charge < -0.3 is 4.90 Å². The number of hydrogen-bond acceptors (Lipinski definition) is 7. The van der Waals surface area contributed by atoms with Crippen molar-refractivity contribution in [2.45, 2.75) is 4.90 Å². The predicted octanol–water partition coefficient (Wildman–Crippen LogP) is 3.33. The molecule has 0 radical (unpaired) electrons. The average molecular weight is 477 g/mol. The number of anilines is 1. The molecule has 0 fully saturated rings. The molecule has 9 nitrogen and oxygen atoms in total. The summed E-state index contributed by atoms with van der Waals surface area (Å²) >= 11 is 0. The Kier molecular flexibility index (Phi) is 6.10. The second-order valence-corrected chi connectivity index (χ2v) is 9.08. The van der Waals surface area contributed by atoms with E-state index in [4.69, 9.17) is 4.55 Å². The summed E-state index contributed by atoms with van der Waals surface area (Å²) in [5.74, 6) is 0.0863. The third kappa shape index (κ3) is 4.92. The molecule has 2 heterocycles. The van der Waals surface area contributed by atoms with Crippen LogP contribution in [0, 0.1) is 0 Å². The van der Waals surface area contributed by atoms with Gasteiger partial charge in [-0.2, -0.15) is 8.42 Å². The summed E-state index contributed by atoms with van der Waals surface area (Å²) in [4.78, 5) is 31.1. The van der Waals surface area contributed by atoms with Crippen LogP contribution in [0.25, 0.3) is 17.0 Å². The number of hydrogen-bond donors (Lipinski definition) is 1. The molecule has 4 aromatic rings. The van der Waals surface area contributed by atoms with Crippen LogP contribution in [0.4, 0.5) is 5.82 Å². The number of aromatic nitrogens is 3. The lowest BCUT2D eigenvalue weighted by Gasteiger charge is -2.06. The minimum absolute atomic E-state index is 0.215. The highest BCUT2D eigenvalue weighted by molar-refractivity contribution is 7.85. The van der Waals surface area contributed by atoms with Crippen molar-refractivity contribution in [3.05, 3.63) is 89.8 Å². The topological polar surface area (TPSA) is 122 Å². The fraction of sp³-hybridized carbons (Fsp3) is 0.0833. The Morgan fingerprint density at radius 3 is 2.32 bits per heavy atom. The third-order valence-corrected chi connectivity index (χ3v) is 5.89. The second-order valence-electron chi connectivity index (χ2n) is 7.66. The molecular formula is C24H20N4O5S. The number of nitrogens with zero attached hydrogens (tertiary/aromatic N) is 4. The van der Waals surface area contributed by atoms with E-state index in [1.165, 1.54) is 29.0 Å². The molecule has 0 atom stereocenters. The molecule has 2 aromatic heterocycles. The molecule has 0 amide bonds. The van der Waals surface area contributed by atoms with Crippen LogP contribution in [0.2, 0.25) is 0 Å². The SMILES string of the molecule is CN(C)c1ccn(C(=O)c2ccc(C(=O)C=Cc3ccc4cc(S(=O)(=O)O)ccc4n3)cc2)n1. The maximum atomic E-state index is 12.6. The normalized spacial score (nSPS) is 11.7. The van der Waals surface area contributed by atoms with Gasteiger partial charge in [0.25, 0.3) is 16.0 Å². The molecule has 10 heteroatoms. The zero-order valence-corrected chi connectivity index (χ0v) is 19.1. The molecule has 1 N–H and O–H groups in total. The quantitative estimate of drug-likeness (QED) is 0.255. The first-order chi connectivity index (χ1) is 16.1. The summed E-state index contributed by atoms with van der Waals surface area (Å²) < 4.78 is 33.0. The molecular weight excluding hydrogens is 456 g/mol. The number of carbonyl (C=O) groups is 2. The summed E-state index contributed by atoms with van der Waals surface area (Å²) in [6.07, 6.45) is 4.50. The third-order valence-electron chi connectivity index (χ3n) is 5.04. The Balaban J connectivity index is 1.48. The minimum Gasteiger partial charge on any atom is -0.361 e. The van der Waals surface area contributed by atoms with Gasteiger partial charge in [0.1, 0.15) is 0 Å². The van der Waals surface area contributed by atoms with E-state index in [1.54, 1.807) is 59.6 Å². The van der Waals surface area contributed by atoms with Crippen molar-refractivity contribution in [2.75, 3.05) is 19.0 Å². The van der Waals surface area contributed by atoms with E-state index in [1.807, 2.05) is 14.1 Å². The first-order valence-electron chi connectivity index (χ1n) is 10.1. The lowest BCUT2D eigenvalue weighted by Crippen LogP contribution is -2.15. The molecule has 172 valence electrons. The lowest BCUT2D eigenvalue weighted by molar-refractivity contribution is 0.0944. The molecule has 4 rings (SSSR count). The van der Waals surface area contributed by atoms with Crippen molar-refractivity contribution in [1.82, 2.24) is 14.8 Å². The first kappa shape index (κ1) is 23.0. The molecule has 0 bridgehead atoms. The Bertz CT molecular complexity index is 1540. The lowest BCUT2D eigenvalue weighted by atomic mass is 10.1. The fourth-order valence-corrected chi connectivity index (χ4v) is 3.72. The Morgan fingerprint density at radius 2 is 1.68 bits per heavy atom. The van der Waals surface area contributed by atoms with Crippen molar-refractivity contribution in [3.63, 3.8) is 0 Å². The standard InChI is InChI=1S/C24H20N4O5S/c1-27(2)23-13-14-28(26-23)24(30)17-5-3-16(4-6-17)22(29)12-9-19-8-7-18-15-20(34(31,32)33)10-11-21(18)25-19/h3-15H,1-2H3,(H,31,32,33). The minimum atomic E-state index is -4.30. The molecule has 0 aliphatic heterocycles. The van der Waals surface area contributed by atoms with Crippen LogP contribution >= 0.6 is 0 Å². The summed E-state index contributed by atoms with van der Waals surface area (Å²) in [5.41, 5.74) is 1.82. The van der Waals surface area contributed by atoms with E-state index in [2.05, 4.69) is 10.1 Å². The monoisotopic (exact) mass is 476 g/mol. The van der Waals surface area contributed by atoms with Gasteiger partial charge >= 0.3 is 0 Å². The number of carbonyl (C=O) groups excluding carboxylic acids is 2. The van der Waals surface area contributed by atoms with Crippen LogP contribution in [0.1, 0.15) is 26.4 Å². The van der Waals surface area contributed by atoms with Gasteiger partial charge in [-0.05, 0) is 48.6 Å². The van der Waals surface area contributed by atoms with Gasteiger partial charge in [0.2, 0.25) is 0 Å². The number of ketones is 1. The van der Waals surface area contributed by atoms with Crippen LogP contribution < -0.4 is 4.90 Å². The van der Waals surface area contributed by atoms with Crippen molar-refractivity contribution in [3.8, 4) is 0 Å². The highest BCUT2D eigenvalue weighted by Crippen LogP contribution is 2.19. The molecule has 0 saturated heterocycles. The van der Waals surface area contributed by atoms with E-state index in [0.717, 1.165) is 0 Å². The fourth-order valence-electron chi connectivity index (χ4n) is 3.21. The maximum absolute atomic E-state index is 12.6. The van der Waals surface area contributed by atoms with Crippen molar-refractivity contribution in [1.29, 1.82) is 0 Å². The number of allylic oxidation sites excluding steroid dienone is 1. The molecule has 0 aliphatic carbocycles. The number of benzene rings is 2. The molecule has 0 saturated carbocycles. The van der Waals surface area contributed by atoms with E-state index >= 15 is 0 Å². The summed E-state index contributed by atoms with van der Waals surface area (Å²) in [6, 6.07) is 15.4. The van der Waals surface area contributed by atoms with Gasteiger partial charge in [0.15, 0.2) is 11.6 Å². The number of pyridine rings is 1. The van der Waals surface area contributed by atoms with Crippen LogP contribution in [0.5, 0.6) is 0 Å². The van der Waals surface area contributed by atoms with Crippen LogP contribution in [-0.4, -0.2) is 53.5 Å². The van der Waals surface area contributed by atoms with Gasteiger partial charge in [-0.15, -0.1) is 5.10 Å². The van der Waals surface area contributed by atoms with Gasteiger partial charge in [0, 0.05) is 42.9 Å². The molecule has 34 heavy (non-hydrogen) atoms. The molecule has 0 aliphatic rings. The van der Waals surface area contributed by atoms with Crippen molar-refractivity contribution in [2.24, 2.45) is 0 Å². The van der Waals surface area contributed by atoms with E-state index < -0.39 is 10.1 Å². The highest BCUT2D eigenvalue weighted by atomic mass is 32.2. The van der Waals surface area contributed by atoms with Crippen LogP contribution in [0.3, 0.4) is 0 Å². The highest BCUT2D eigenvalue weighted by Gasteiger charge is 2.13. The zero-order valence-electron chi connectivity index (χ0n) is 18.3. The molecule has 0 unspecified atom stereocenters. The zero-order chi connectivity index (χ0) is 24.5. The van der Waals surface area contributed by atoms with Gasteiger partial charge in [0.05, 0.1) is 16.1 Å².